The predicted octanol–water partition coefficient (Wildman–Crippen LogP) is 18.7. The fraction of sp³-hybridized carbons (Fsp3) is 0.882. The summed E-state index contributed by atoms with van der Waals surface area (Å²) >= 11 is 0. The van der Waals surface area contributed by atoms with Gasteiger partial charge < -0.3 is 0 Å². The summed E-state index contributed by atoms with van der Waals surface area (Å²) in [4.78, 5) is 0. The topological polar surface area (TPSA) is 0 Å². The minimum absolute atomic E-state index is 1.28. The van der Waals surface area contributed by atoms with Gasteiger partial charge in [0.1, 0.15) is 0 Å². The average Bonchev–Trinajstić information content (AvgIpc) is 3.13. The predicted molar refractivity (Wildman–Crippen MR) is 235 cm³/mol. The molecule has 300 valence electrons. The van der Waals surface area contributed by atoms with Crippen LogP contribution in [0.3, 0.4) is 0 Å². The first-order valence-electron chi connectivity index (χ1n) is 24.4. The van der Waals surface area contributed by atoms with Gasteiger partial charge in [0, 0.05) is 0 Å². The monoisotopic (exact) mass is 709 g/mol. The quantitative estimate of drug-likeness (QED) is 0.0593. The number of hydrogen-bond acceptors (Lipinski definition) is 0. The summed E-state index contributed by atoms with van der Waals surface area (Å²) < 4.78 is 0. The van der Waals surface area contributed by atoms with E-state index in [4.69, 9.17) is 0 Å². The molecule has 1 aromatic rings. The van der Waals surface area contributed by atoms with Crippen molar-refractivity contribution < 1.29 is 0 Å². The highest BCUT2D eigenvalue weighted by Crippen LogP contribution is 2.19. The summed E-state index contributed by atoms with van der Waals surface area (Å²) in [5.41, 5.74) is 4.67. The van der Waals surface area contributed by atoms with Crippen LogP contribution in [0.15, 0.2) is 18.2 Å². The van der Waals surface area contributed by atoms with Crippen molar-refractivity contribution in [2.24, 2.45) is 0 Å². The summed E-state index contributed by atoms with van der Waals surface area (Å²) in [5.74, 6) is 0. The first kappa shape index (κ1) is 48.2. The van der Waals surface area contributed by atoms with Crippen molar-refractivity contribution in [3.8, 4) is 0 Å². The molecule has 1 aromatic carbocycles. The van der Waals surface area contributed by atoms with Crippen molar-refractivity contribution in [3.05, 3.63) is 34.9 Å². The third kappa shape index (κ3) is 36.0. The Balaban J connectivity index is 1.85. The highest BCUT2D eigenvalue weighted by atomic mass is 14.1. The SMILES string of the molecule is CCCCCCCCCCCCCCCCCCCCCCc1cc(C)cc(CCCCCCCCCCCCCCCCCCCCCC)c1. The molecule has 0 heterocycles. The molecule has 0 aliphatic carbocycles. The fourth-order valence-electron chi connectivity index (χ4n) is 8.41. The van der Waals surface area contributed by atoms with Gasteiger partial charge in [-0.05, 0) is 43.7 Å². The maximum absolute atomic E-state index is 2.54. The molecular weight excluding hydrogens is 613 g/mol. The zero-order valence-corrected chi connectivity index (χ0v) is 35.9. The minimum atomic E-state index is 1.28. The molecule has 0 atom stereocenters. The van der Waals surface area contributed by atoms with Crippen molar-refractivity contribution >= 4 is 0 Å². The van der Waals surface area contributed by atoms with Crippen molar-refractivity contribution in [1.82, 2.24) is 0 Å². The average molecular weight is 709 g/mol. The molecule has 0 N–H and O–H groups in total. The number of unbranched alkanes of at least 4 members (excludes halogenated alkanes) is 38. The molecule has 0 saturated heterocycles. The lowest BCUT2D eigenvalue weighted by molar-refractivity contribution is 0.521. The normalized spacial score (nSPS) is 11.6. The highest BCUT2D eigenvalue weighted by Gasteiger charge is 2.02. The zero-order chi connectivity index (χ0) is 36.6. The van der Waals surface area contributed by atoms with Gasteiger partial charge in [-0.3, -0.25) is 0 Å². The Kier molecular flexibility index (Phi) is 38.2. The van der Waals surface area contributed by atoms with E-state index in [2.05, 4.69) is 39.0 Å². The van der Waals surface area contributed by atoms with E-state index < -0.39 is 0 Å². The Morgan fingerprint density at radius 2 is 0.412 bits per heavy atom. The molecule has 0 amide bonds. The number of hydrogen-bond donors (Lipinski definition) is 0. The Bertz CT molecular complexity index is 729. The maximum atomic E-state index is 2.54. The molecule has 0 spiro atoms. The van der Waals surface area contributed by atoms with Crippen LogP contribution < -0.4 is 0 Å². The molecule has 0 nitrogen and oxygen atoms in total. The van der Waals surface area contributed by atoms with Gasteiger partial charge >= 0.3 is 0 Å². The van der Waals surface area contributed by atoms with E-state index in [1.165, 1.54) is 275 Å². The van der Waals surface area contributed by atoms with Gasteiger partial charge in [0.15, 0.2) is 0 Å². The van der Waals surface area contributed by atoms with Crippen LogP contribution in [0.5, 0.6) is 0 Å². The Hall–Kier alpha value is -0.780. The lowest BCUT2D eigenvalue weighted by Gasteiger charge is -2.09. The molecule has 51 heavy (non-hydrogen) atoms. The van der Waals surface area contributed by atoms with Crippen molar-refractivity contribution in [1.29, 1.82) is 0 Å². The fourth-order valence-corrected chi connectivity index (χ4v) is 8.41. The second kappa shape index (κ2) is 40.4. The second-order valence-electron chi connectivity index (χ2n) is 17.3. The van der Waals surface area contributed by atoms with E-state index in [1.807, 2.05) is 0 Å². The van der Waals surface area contributed by atoms with E-state index >= 15 is 0 Å². The number of rotatable bonds is 42. The van der Waals surface area contributed by atoms with Crippen LogP contribution in [-0.2, 0) is 12.8 Å². The number of benzene rings is 1. The Labute approximate surface area is 324 Å². The van der Waals surface area contributed by atoms with Gasteiger partial charge in [0.05, 0.1) is 0 Å². The Morgan fingerprint density at radius 1 is 0.235 bits per heavy atom. The van der Waals surface area contributed by atoms with Crippen LogP contribution in [-0.4, -0.2) is 0 Å². The van der Waals surface area contributed by atoms with E-state index in [-0.39, 0.29) is 0 Å². The zero-order valence-electron chi connectivity index (χ0n) is 35.9. The molecule has 0 aliphatic heterocycles. The molecule has 0 aliphatic rings. The van der Waals surface area contributed by atoms with Crippen LogP contribution >= 0.6 is 0 Å². The van der Waals surface area contributed by atoms with Gasteiger partial charge in [-0.1, -0.05) is 282 Å². The van der Waals surface area contributed by atoms with Crippen molar-refractivity contribution in [2.45, 2.75) is 290 Å². The summed E-state index contributed by atoms with van der Waals surface area (Å²) in [6.07, 6.45) is 61.0. The van der Waals surface area contributed by atoms with Gasteiger partial charge in [-0.15, -0.1) is 0 Å². The Morgan fingerprint density at radius 3 is 0.608 bits per heavy atom. The lowest BCUT2D eigenvalue weighted by Crippen LogP contribution is -1.93. The van der Waals surface area contributed by atoms with E-state index in [1.54, 1.807) is 11.1 Å². The molecule has 0 aromatic heterocycles. The lowest BCUT2D eigenvalue weighted by atomic mass is 9.97. The molecular formula is C51H96. The summed E-state index contributed by atoms with van der Waals surface area (Å²) in [6.45, 7) is 6.93. The van der Waals surface area contributed by atoms with Crippen molar-refractivity contribution in [3.63, 3.8) is 0 Å². The first-order valence-corrected chi connectivity index (χ1v) is 24.4. The van der Waals surface area contributed by atoms with E-state index in [0.717, 1.165) is 0 Å². The molecule has 0 heteroatoms. The van der Waals surface area contributed by atoms with Gasteiger partial charge in [0.2, 0.25) is 0 Å². The summed E-state index contributed by atoms with van der Waals surface area (Å²) in [5, 5.41) is 0. The molecule has 0 bridgehead atoms. The van der Waals surface area contributed by atoms with Crippen LogP contribution in [0.25, 0.3) is 0 Å². The minimum Gasteiger partial charge on any atom is -0.0654 e. The molecule has 0 saturated carbocycles. The number of aryl methyl sites for hydroxylation is 3. The second-order valence-corrected chi connectivity index (χ2v) is 17.3. The highest BCUT2D eigenvalue weighted by molar-refractivity contribution is 5.29. The molecule has 0 radical (unpaired) electrons. The third-order valence-corrected chi connectivity index (χ3v) is 11.8. The van der Waals surface area contributed by atoms with Gasteiger partial charge in [-0.25, -0.2) is 0 Å². The van der Waals surface area contributed by atoms with Gasteiger partial charge in [-0.2, -0.15) is 0 Å². The van der Waals surface area contributed by atoms with Crippen LogP contribution in [0.4, 0.5) is 0 Å². The maximum Gasteiger partial charge on any atom is -0.0279 e. The van der Waals surface area contributed by atoms with Crippen LogP contribution in [0, 0.1) is 6.92 Å². The van der Waals surface area contributed by atoms with Crippen LogP contribution in [0.2, 0.25) is 0 Å². The summed E-state index contributed by atoms with van der Waals surface area (Å²) in [6, 6.07) is 7.45. The summed E-state index contributed by atoms with van der Waals surface area (Å²) in [7, 11) is 0. The van der Waals surface area contributed by atoms with Gasteiger partial charge in [0.25, 0.3) is 0 Å². The van der Waals surface area contributed by atoms with E-state index in [9.17, 15) is 0 Å². The molecule has 0 fully saturated rings. The first-order chi connectivity index (χ1) is 25.3. The largest absolute Gasteiger partial charge is 0.0654 e. The van der Waals surface area contributed by atoms with Crippen molar-refractivity contribution in [2.75, 3.05) is 0 Å². The standard InChI is InChI=1S/C51H96/c1-4-6-8-10-12-14-16-18-20-22-24-26-28-30-32-34-36-38-40-42-44-50-46-49(3)47-51(48-50)45-43-41-39-37-35-33-31-29-27-25-23-21-19-17-15-13-11-9-7-5-2/h46-48H,4-45H2,1-3H3. The molecule has 0 unspecified atom stereocenters. The smallest absolute Gasteiger partial charge is 0.0279 e. The van der Waals surface area contributed by atoms with Crippen LogP contribution in [0.1, 0.15) is 287 Å². The van der Waals surface area contributed by atoms with E-state index in [0.29, 0.717) is 0 Å². The third-order valence-electron chi connectivity index (χ3n) is 11.8. The molecule has 1 rings (SSSR count).